The largest absolute Gasteiger partial charge is 0.493 e. The monoisotopic (exact) mass is 406 g/mol. The SMILES string of the molecule is CC(=O)N1CCC(CCS(N)(=O)=O)C(COc2ccc(-n3cccn3)cc2)C1. The summed E-state index contributed by atoms with van der Waals surface area (Å²) in [7, 11) is -3.50. The van der Waals surface area contributed by atoms with Crippen LogP contribution in [0.5, 0.6) is 5.75 Å². The maximum absolute atomic E-state index is 11.8. The number of piperidine rings is 1. The number of nitrogens with zero attached hydrogens (tertiary/aromatic N) is 3. The summed E-state index contributed by atoms with van der Waals surface area (Å²) in [6, 6.07) is 9.45. The van der Waals surface area contributed by atoms with Gasteiger partial charge in [0.15, 0.2) is 0 Å². The summed E-state index contributed by atoms with van der Waals surface area (Å²) in [6.07, 6.45) is 4.82. The van der Waals surface area contributed by atoms with E-state index >= 15 is 0 Å². The Balaban J connectivity index is 1.63. The molecule has 0 saturated carbocycles. The zero-order valence-electron chi connectivity index (χ0n) is 15.9. The molecule has 2 unspecified atom stereocenters. The van der Waals surface area contributed by atoms with Crippen LogP contribution in [0.15, 0.2) is 42.7 Å². The molecule has 0 bridgehead atoms. The molecule has 2 heterocycles. The van der Waals surface area contributed by atoms with E-state index in [0.29, 0.717) is 26.1 Å². The number of rotatable bonds is 7. The zero-order valence-corrected chi connectivity index (χ0v) is 16.7. The van der Waals surface area contributed by atoms with Crippen molar-refractivity contribution in [1.82, 2.24) is 14.7 Å². The van der Waals surface area contributed by atoms with E-state index in [0.717, 1.165) is 17.9 Å². The van der Waals surface area contributed by atoms with Gasteiger partial charge in [-0.15, -0.1) is 0 Å². The molecule has 2 atom stereocenters. The van der Waals surface area contributed by atoms with E-state index in [1.807, 2.05) is 36.5 Å². The van der Waals surface area contributed by atoms with E-state index in [4.69, 9.17) is 9.88 Å². The number of sulfonamides is 1. The van der Waals surface area contributed by atoms with E-state index in [1.54, 1.807) is 22.7 Å². The number of likely N-dealkylation sites (tertiary alicyclic amines) is 1. The van der Waals surface area contributed by atoms with Crippen molar-refractivity contribution in [2.24, 2.45) is 17.0 Å². The van der Waals surface area contributed by atoms with Gasteiger partial charge in [0.1, 0.15) is 5.75 Å². The van der Waals surface area contributed by atoms with Crippen molar-refractivity contribution in [3.63, 3.8) is 0 Å². The van der Waals surface area contributed by atoms with Crippen molar-refractivity contribution in [3.05, 3.63) is 42.7 Å². The summed E-state index contributed by atoms with van der Waals surface area (Å²) in [4.78, 5) is 13.5. The van der Waals surface area contributed by atoms with Crippen LogP contribution < -0.4 is 9.88 Å². The lowest BCUT2D eigenvalue weighted by atomic mass is 9.84. The third kappa shape index (κ3) is 5.56. The first-order valence-electron chi connectivity index (χ1n) is 9.31. The quantitative estimate of drug-likeness (QED) is 0.748. The minimum Gasteiger partial charge on any atom is -0.493 e. The lowest BCUT2D eigenvalue weighted by molar-refractivity contribution is -0.131. The van der Waals surface area contributed by atoms with E-state index in [2.05, 4.69) is 5.10 Å². The van der Waals surface area contributed by atoms with Crippen LogP contribution >= 0.6 is 0 Å². The van der Waals surface area contributed by atoms with Crippen LogP contribution in [-0.4, -0.2) is 54.5 Å². The fourth-order valence-electron chi connectivity index (χ4n) is 3.57. The van der Waals surface area contributed by atoms with E-state index < -0.39 is 10.0 Å². The average Bonchev–Trinajstić information content (AvgIpc) is 3.19. The molecule has 0 aliphatic carbocycles. The number of benzene rings is 1. The van der Waals surface area contributed by atoms with Gasteiger partial charge in [0, 0.05) is 38.3 Å². The fraction of sp³-hybridized carbons (Fsp3) is 0.474. The second kappa shape index (κ2) is 8.74. The highest BCUT2D eigenvalue weighted by Crippen LogP contribution is 2.28. The van der Waals surface area contributed by atoms with Crippen LogP contribution in [0.3, 0.4) is 0 Å². The Morgan fingerprint density at radius 3 is 2.64 bits per heavy atom. The predicted octanol–water partition coefficient (Wildman–Crippen LogP) is 1.41. The fourth-order valence-corrected chi connectivity index (χ4v) is 4.20. The number of amides is 1. The normalized spacial score (nSPS) is 20.1. The van der Waals surface area contributed by atoms with Gasteiger partial charge < -0.3 is 9.64 Å². The Hall–Kier alpha value is -2.39. The molecule has 1 aliphatic rings. The highest BCUT2D eigenvalue weighted by Gasteiger charge is 2.31. The van der Waals surface area contributed by atoms with Gasteiger partial charge in [-0.25, -0.2) is 18.2 Å². The molecule has 1 saturated heterocycles. The highest BCUT2D eigenvalue weighted by atomic mass is 32.2. The van der Waals surface area contributed by atoms with Crippen LogP contribution in [0, 0.1) is 11.8 Å². The standard InChI is InChI=1S/C19H26N4O4S/c1-15(24)22-11-7-16(8-12-28(20,25)26)17(13-22)14-27-19-5-3-18(4-6-19)23-10-2-9-21-23/h2-6,9-10,16-17H,7-8,11-14H2,1H3,(H2,20,25,26). The molecular formula is C19H26N4O4S. The summed E-state index contributed by atoms with van der Waals surface area (Å²) in [5.41, 5.74) is 0.934. The number of aromatic nitrogens is 2. The Kier molecular flexibility index (Phi) is 6.35. The van der Waals surface area contributed by atoms with Crippen LogP contribution in [0.1, 0.15) is 19.8 Å². The van der Waals surface area contributed by atoms with E-state index in [1.165, 1.54) is 0 Å². The van der Waals surface area contributed by atoms with Gasteiger partial charge in [0.25, 0.3) is 0 Å². The predicted molar refractivity (Wildman–Crippen MR) is 106 cm³/mol. The minimum absolute atomic E-state index is 0.0264. The van der Waals surface area contributed by atoms with Gasteiger partial charge in [0.05, 0.1) is 18.0 Å². The summed E-state index contributed by atoms with van der Waals surface area (Å²) in [6.45, 7) is 3.17. The molecule has 0 spiro atoms. The second-order valence-corrected chi connectivity index (χ2v) is 8.92. The molecule has 3 rings (SSSR count). The molecule has 152 valence electrons. The minimum atomic E-state index is -3.50. The number of hydrogen-bond acceptors (Lipinski definition) is 5. The third-order valence-electron chi connectivity index (χ3n) is 5.18. The number of nitrogens with two attached hydrogens (primary N) is 1. The van der Waals surface area contributed by atoms with Crippen molar-refractivity contribution in [2.75, 3.05) is 25.4 Å². The average molecular weight is 407 g/mol. The number of carbonyl (C=O) groups excluding carboxylic acids is 1. The molecule has 28 heavy (non-hydrogen) atoms. The Labute approximate surface area is 165 Å². The highest BCUT2D eigenvalue weighted by molar-refractivity contribution is 7.89. The Bertz CT molecular complexity index is 881. The van der Waals surface area contributed by atoms with Gasteiger partial charge in [-0.1, -0.05) is 0 Å². The number of ether oxygens (including phenoxy) is 1. The Morgan fingerprint density at radius 1 is 1.29 bits per heavy atom. The first-order valence-corrected chi connectivity index (χ1v) is 11.0. The molecule has 1 aliphatic heterocycles. The topological polar surface area (TPSA) is 108 Å². The zero-order chi connectivity index (χ0) is 20.1. The van der Waals surface area contributed by atoms with Crippen molar-refractivity contribution in [1.29, 1.82) is 0 Å². The first kappa shape index (κ1) is 20.3. The van der Waals surface area contributed by atoms with Gasteiger partial charge in [-0.05, 0) is 49.1 Å². The molecular weight excluding hydrogens is 380 g/mol. The Morgan fingerprint density at radius 2 is 2.04 bits per heavy atom. The maximum atomic E-state index is 11.8. The van der Waals surface area contributed by atoms with E-state index in [-0.39, 0.29) is 23.5 Å². The summed E-state index contributed by atoms with van der Waals surface area (Å²) in [5, 5.41) is 9.35. The van der Waals surface area contributed by atoms with E-state index in [9.17, 15) is 13.2 Å². The van der Waals surface area contributed by atoms with Gasteiger partial charge >= 0.3 is 0 Å². The molecule has 1 fully saturated rings. The van der Waals surface area contributed by atoms with Crippen molar-refractivity contribution in [2.45, 2.75) is 19.8 Å². The molecule has 1 amide bonds. The first-order chi connectivity index (χ1) is 13.3. The summed E-state index contributed by atoms with van der Waals surface area (Å²) < 4.78 is 30.4. The molecule has 1 aromatic heterocycles. The van der Waals surface area contributed by atoms with Gasteiger partial charge in [-0.2, -0.15) is 5.10 Å². The van der Waals surface area contributed by atoms with Gasteiger partial charge in [-0.3, -0.25) is 4.79 Å². The number of hydrogen-bond donors (Lipinski definition) is 1. The lowest BCUT2D eigenvalue weighted by Crippen LogP contribution is -2.45. The molecule has 2 N–H and O–H groups in total. The molecule has 9 heteroatoms. The van der Waals surface area contributed by atoms with Crippen LogP contribution in [0.4, 0.5) is 0 Å². The molecule has 8 nitrogen and oxygen atoms in total. The van der Waals surface area contributed by atoms with Gasteiger partial charge in [0.2, 0.25) is 15.9 Å². The van der Waals surface area contributed by atoms with Crippen LogP contribution in [-0.2, 0) is 14.8 Å². The third-order valence-corrected chi connectivity index (χ3v) is 5.98. The molecule has 1 aromatic carbocycles. The van der Waals surface area contributed by atoms with Crippen LogP contribution in [0.25, 0.3) is 5.69 Å². The molecule has 2 aromatic rings. The molecule has 0 radical (unpaired) electrons. The number of carbonyl (C=O) groups is 1. The second-order valence-electron chi connectivity index (χ2n) is 7.19. The van der Waals surface area contributed by atoms with Crippen molar-refractivity contribution in [3.8, 4) is 11.4 Å². The van der Waals surface area contributed by atoms with Crippen molar-refractivity contribution < 1.29 is 17.9 Å². The lowest BCUT2D eigenvalue weighted by Gasteiger charge is -2.38. The smallest absolute Gasteiger partial charge is 0.219 e. The van der Waals surface area contributed by atoms with Crippen molar-refractivity contribution >= 4 is 15.9 Å². The maximum Gasteiger partial charge on any atom is 0.219 e. The summed E-state index contributed by atoms with van der Waals surface area (Å²) in [5.74, 6) is 0.911. The van der Waals surface area contributed by atoms with Crippen LogP contribution in [0.2, 0.25) is 0 Å². The summed E-state index contributed by atoms with van der Waals surface area (Å²) >= 11 is 0. The number of primary sulfonamides is 1.